The normalized spacial score (nSPS) is 11.9. The van der Waals surface area contributed by atoms with Gasteiger partial charge in [-0.25, -0.2) is 0 Å². The van der Waals surface area contributed by atoms with Crippen molar-refractivity contribution >= 4 is 27.7 Å². The van der Waals surface area contributed by atoms with Crippen LogP contribution < -0.4 is 0 Å². The van der Waals surface area contributed by atoms with Gasteiger partial charge in [-0.2, -0.15) is 0 Å². The number of ketones is 1. The van der Waals surface area contributed by atoms with E-state index in [4.69, 9.17) is 0 Å². The summed E-state index contributed by atoms with van der Waals surface area (Å²) in [6.07, 6.45) is 0.739. The number of esters is 1. The van der Waals surface area contributed by atoms with Gasteiger partial charge in [-0.05, 0) is 24.1 Å². The van der Waals surface area contributed by atoms with Crippen molar-refractivity contribution in [1.29, 1.82) is 0 Å². The molecule has 1 aromatic rings. The van der Waals surface area contributed by atoms with Gasteiger partial charge in [0.1, 0.15) is 5.92 Å². The minimum atomic E-state index is -0.649. The molecule has 0 saturated carbocycles. The number of halogens is 1. The van der Waals surface area contributed by atoms with E-state index in [1.54, 1.807) is 6.92 Å². The molecule has 4 heteroatoms. The molecular formula is C13H15BrO3. The summed E-state index contributed by atoms with van der Waals surface area (Å²) in [5.41, 5.74) is 0.903. The fourth-order valence-corrected chi connectivity index (χ4v) is 1.86. The fourth-order valence-electron chi connectivity index (χ4n) is 1.59. The molecule has 0 aliphatic rings. The molecule has 0 saturated heterocycles. The van der Waals surface area contributed by atoms with Gasteiger partial charge < -0.3 is 4.74 Å². The molecule has 3 nitrogen and oxygen atoms in total. The van der Waals surface area contributed by atoms with Gasteiger partial charge in [-0.1, -0.05) is 35.0 Å². The molecule has 0 aromatic heterocycles. The largest absolute Gasteiger partial charge is 0.468 e. The second-order valence-corrected chi connectivity index (χ2v) is 4.67. The van der Waals surface area contributed by atoms with Gasteiger partial charge >= 0.3 is 5.97 Å². The Bertz CT molecular complexity index is 398. The highest BCUT2D eigenvalue weighted by molar-refractivity contribution is 9.10. The van der Waals surface area contributed by atoms with Gasteiger partial charge in [0.2, 0.25) is 0 Å². The lowest BCUT2D eigenvalue weighted by atomic mass is 9.96. The number of methoxy groups -OCH3 is 1. The molecule has 0 bridgehead atoms. The zero-order valence-corrected chi connectivity index (χ0v) is 11.5. The number of carbonyl (C=O) groups excluding carboxylic acids is 2. The highest BCUT2D eigenvalue weighted by Crippen LogP contribution is 2.14. The number of benzene rings is 1. The van der Waals surface area contributed by atoms with Gasteiger partial charge in [0.15, 0.2) is 5.78 Å². The summed E-state index contributed by atoms with van der Waals surface area (Å²) in [5, 5.41) is 0. The van der Waals surface area contributed by atoms with Crippen LogP contribution in [-0.4, -0.2) is 18.9 Å². The average Bonchev–Trinajstić information content (AvgIpc) is 2.32. The molecule has 0 radical (unpaired) electrons. The van der Waals surface area contributed by atoms with Gasteiger partial charge in [0.25, 0.3) is 0 Å². The maximum absolute atomic E-state index is 11.9. The predicted octanol–water partition coefficient (Wildman–Crippen LogP) is 2.76. The first kappa shape index (κ1) is 13.9. The first-order chi connectivity index (χ1) is 8.08. The molecule has 0 heterocycles. The topological polar surface area (TPSA) is 43.4 Å². The van der Waals surface area contributed by atoms with E-state index in [0.29, 0.717) is 6.42 Å². The second kappa shape index (κ2) is 6.55. The number of hydrogen-bond donors (Lipinski definition) is 0. The first-order valence-electron chi connectivity index (χ1n) is 5.43. The second-order valence-electron chi connectivity index (χ2n) is 3.75. The van der Waals surface area contributed by atoms with Crippen molar-refractivity contribution in [1.82, 2.24) is 0 Å². The van der Waals surface area contributed by atoms with E-state index in [9.17, 15) is 9.59 Å². The molecule has 0 aliphatic carbocycles. The summed E-state index contributed by atoms with van der Waals surface area (Å²) < 4.78 is 5.58. The van der Waals surface area contributed by atoms with E-state index in [0.717, 1.165) is 10.0 Å². The van der Waals surface area contributed by atoms with Crippen molar-refractivity contribution in [3.63, 3.8) is 0 Å². The Morgan fingerprint density at radius 2 is 1.88 bits per heavy atom. The average molecular weight is 299 g/mol. The summed E-state index contributed by atoms with van der Waals surface area (Å²) in [4.78, 5) is 23.3. The molecule has 0 aliphatic heterocycles. The summed E-state index contributed by atoms with van der Waals surface area (Å²) in [6.45, 7) is 1.81. The van der Waals surface area contributed by atoms with E-state index in [1.807, 2.05) is 24.3 Å². The first-order valence-corrected chi connectivity index (χ1v) is 6.22. The molecule has 1 atom stereocenters. The van der Waals surface area contributed by atoms with E-state index in [2.05, 4.69) is 20.7 Å². The Balaban J connectivity index is 2.70. The molecule has 1 rings (SSSR count). The SMILES string of the molecule is CCC(C(=O)Cc1ccc(Br)cc1)C(=O)OC. The van der Waals surface area contributed by atoms with Crippen LogP contribution in [0.15, 0.2) is 28.7 Å². The fraction of sp³-hybridized carbons (Fsp3) is 0.385. The summed E-state index contributed by atoms with van der Waals surface area (Å²) >= 11 is 3.33. The Labute approximate surface area is 109 Å². The number of hydrogen-bond acceptors (Lipinski definition) is 3. The van der Waals surface area contributed by atoms with Crippen molar-refractivity contribution < 1.29 is 14.3 Å². The summed E-state index contributed by atoms with van der Waals surface area (Å²) in [6, 6.07) is 7.49. The van der Waals surface area contributed by atoms with E-state index in [-0.39, 0.29) is 12.2 Å². The zero-order valence-electron chi connectivity index (χ0n) is 9.90. The van der Waals surface area contributed by atoms with Gasteiger partial charge in [-0.15, -0.1) is 0 Å². The van der Waals surface area contributed by atoms with Crippen LogP contribution in [0.1, 0.15) is 18.9 Å². The van der Waals surface area contributed by atoms with Crippen LogP contribution in [0, 0.1) is 5.92 Å². The Morgan fingerprint density at radius 3 is 2.35 bits per heavy atom. The molecule has 1 unspecified atom stereocenters. The number of ether oxygens (including phenoxy) is 1. The van der Waals surface area contributed by atoms with Crippen LogP contribution in [-0.2, 0) is 20.7 Å². The molecule has 0 fully saturated rings. The number of carbonyl (C=O) groups is 2. The molecular weight excluding hydrogens is 284 g/mol. The molecule has 0 spiro atoms. The molecule has 0 amide bonds. The Morgan fingerprint density at radius 1 is 1.29 bits per heavy atom. The van der Waals surface area contributed by atoms with Crippen molar-refractivity contribution in [2.75, 3.05) is 7.11 Å². The third-order valence-electron chi connectivity index (χ3n) is 2.57. The standard InChI is InChI=1S/C13H15BrO3/c1-3-11(13(16)17-2)12(15)8-9-4-6-10(14)7-5-9/h4-7,11H,3,8H2,1-2H3. The van der Waals surface area contributed by atoms with Crippen LogP contribution in [0.25, 0.3) is 0 Å². The maximum Gasteiger partial charge on any atom is 0.316 e. The van der Waals surface area contributed by atoms with Crippen LogP contribution in [0.2, 0.25) is 0 Å². The molecule has 17 heavy (non-hydrogen) atoms. The predicted molar refractivity (Wildman–Crippen MR) is 68.7 cm³/mol. The third-order valence-corrected chi connectivity index (χ3v) is 3.10. The minimum absolute atomic E-state index is 0.0957. The Kier molecular flexibility index (Phi) is 5.35. The molecule has 1 aromatic carbocycles. The monoisotopic (exact) mass is 298 g/mol. The van der Waals surface area contributed by atoms with Crippen molar-refractivity contribution in [2.24, 2.45) is 5.92 Å². The summed E-state index contributed by atoms with van der Waals surface area (Å²) in [7, 11) is 1.30. The number of Topliss-reactive ketones (excluding diaryl/α,β-unsaturated/α-hetero) is 1. The van der Waals surface area contributed by atoms with E-state index >= 15 is 0 Å². The highest BCUT2D eigenvalue weighted by Gasteiger charge is 2.25. The zero-order chi connectivity index (χ0) is 12.8. The van der Waals surface area contributed by atoms with Gasteiger partial charge in [-0.3, -0.25) is 9.59 Å². The lowest BCUT2D eigenvalue weighted by Crippen LogP contribution is -2.26. The highest BCUT2D eigenvalue weighted by atomic mass is 79.9. The van der Waals surface area contributed by atoms with E-state index < -0.39 is 11.9 Å². The van der Waals surface area contributed by atoms with Crippen molar-refractivity contribution in [2.45, 2.75) is 19.8 Å². The van der Waals surface area contributed by atoms with Crippen molar-refractivity contribution in [3.8, 4) is 0 Å². The van der Waals surface area contributed by atoms with Crippen LogP contribution >= 0.6 is 15.9 Å². The molecule has 92 valence electrons. The molecule has 0 N–H and O–H groups in total. The van der Waals surface area contributed by atoms with Gasteiger partial charge in [0.05, 0.1) is 7.11 Å². The van der Waals surface area contributed by atoms with Gasteiger partial charge in [0, 0.05) is 10.9 Å². The quantitative estimate of drug-likeness (QED) is 0.620. The Hall–Kier alpha value is -1.16. The lowest BCUT2D eigenvalue weighted by molar-refractivity contribution is -0.149. The van der Waals surface area contributed by atoms with Crippen molar-refractivity contribution in [3.05, 3.63) is 34.3 Å². The number of rotatable bonds is 5. The van der Waals surface area contributed by atoms with E-state index in [1.165, 1.54) is 7.11 Å². The minimum Gasteiger partial charge on any atom is -0.468 e. The smallest absolute Gasteiger partial charge is 0.316 e. The summed E-state index contributed by atoms with van der Waals surface area (Å²) in [5.74, 6) is -1.19. The van der Waals surface area contributed by atoms with Crippen LogP contribution in [0.4, 0.5) is 0 Å². The van der Waals surface area contributed by atoms with Crippen LogP contribution in [0.5, 0.6) is 0 Å². The third kappa shape index (κ3) is 3.97. The lowest BCUT2D eigenvalue weighted by Gasteiger charge is -2.11. The maximum atomic E-state index is 11.9. The van der Waals surface area contributed by atoms with Crippen LogP contribution in [0.3, 0.4) is 0 Å².